The van der Waals surface area contributed by atoms with Gasteiger partial charge in [-0.15, -0.1) is 0 Å². The van der Waals surface area contributed by atoms with Crippen molar-refractivity contribution in [1.29, 1.82) is 5.26 Å². The highest BCUT2D eigenvalue weighted by Gasteiger charge is 2.13. The Labute approximate surface area is 128 Å². The molecule has 0 saturated heterocycles. The van der Waals surface area contributed by atoms with Crippen molar-refractivity contribution in [3.05, 3.63) is 65.9 Å². The van der Waals surface area contributed by atoms with Crippen LogP contribution in [0.25, 0.3) is 10.9 Å². The molecule has 2 aromatic carbocycles. The Morgan fingerprint density at radius 3 is 2.64 bits per heavy atom. The van der Waals surface area contributed by atoms with E-state index < -0.39 is 0 Å². The van der Waals surface area contributed by atoms with Crippen LogP contribution in [0.5, 0.6) is 0 Å². The minimum absolute atomic E-state index is 0.134. The predicted molar refractivity (Wildman–Crippen MR) is 86.6 cm³/mol. The molecule has 1 amide bonds. The molecule has 4 heteroatoms. The van der Waals surface area contributed by atoms with Crippen molar-refractivity contribution in [2.24, 2.45) is 7.05 Å². The molecule has 0 aliphatic carbocycles. The molecule has 0 spiro atoms. The van der Waals surface area contributed by atoms with Crippen LogP contribution in [0.15, 0.2) is 54.7 Å². The van der Waals surface area contributed by atoms with Crippen molar-refractivity contribution in [1.82, 2.24) is 4.57 Å². The van der Waals surface area contributed by atoms with Crippen LogP contribution in [0.2, 0.25) is 0 Å². The third-order valence-corrected chi connectivity index (χ3v) is 3.64. The van der Waals surface area contributed by atoms with Gasteiger partial charge in [0.05, 0.1) is 18.1 Å². The molecule has 0 unspecified atom stereocenters. The van der Waals surface area contributed by atoms with Crippen molar-refractivity contribution in [2.45, 2.75) is 6.42 Å². The normalized spacial score (nSPS) is 10.4. The number of nitrogens with zero attached hydrogens (tertiary/aromatic N) is 2. The second kappa shape index (κ2) is 5.74. The number of aromatic nitrogens is 1. The van der Waals surface area contributed by atoms with E-state index in [2.05, 4.69) is 11.4 Å². The van der Waals surface area contributed by atoms with Crippen molar-refractivity contribution < 1.29 is 4.79 Å². The Morgan fingerprint density at radius 2 is 1.91 bits per heavy atom. The summed E-state index contributed by atoms with van der Waals surface area (Å²) in [6.07, 6.45) is 2.21. The molecule has 1 N–H and O–H groups in total. The number of nitrogens with one attached hydrogen (secondary N) is 1. The van der Waals surface area contributed by atoms with Crippen LogP contribution in [0.4, 0.5) is 5.69 Å². The first kappa shape index (κ1) is 13.9. The maximum Gasteiger partial charge on any atom is 0.257 e. The monoisotopic (exact) mass is 289 g/mol. The second-order valence-electron chi connectivity index (χ2n) is 5.16. The van der Waals surface area contributed by atoms with E-state index in [4.69, 9.17) is 5.26 Å². The number of nitriles is 1. The third-order valence-electron chi connectivity index (χ3n) is 3.64. The Bertz CT molecular complexity index is 869. The SMILES string of the molecule is Cn1cc(C(=O)Nc2ccc(CC#N)cc2)c2ccccc21. The highest BCUT2D eigenvalue weighted by molar-refractivity contribution is 6.12. The standard InChI is InChI=1S/C18H15N3O/c1-21-12-16(15-4-2-3-5-17(15)21)18(22)20-14-8-6-13(7-9-14)10-11-19/h2-9,12H,10H2,1H3,(H,20,22). The molecule has 3 aromatic rings. The van der Waals surface area contributed by atoms with E-state index in [9.17, 15) is 4.79 Å². The lowest BCUT2D eigenvalue weighted by Gasteiger charge is -2.05. The number of aryl methyl sites for hydroxylation is 1. The third kappa shape index (κ3) is 2.57. The lowest BCUT2D eigenvalue weighted by atomic mass is 10.1. The van der Waals surface area contributed by atoms with E-state index in [0.717, 1.165) is 22.2 Å². The average Bonchev–Trinajstić information content (AvgIpc) is 2.87. The smallest absolute Gasteiger partial charge is 0.257 e. The van der Waals surface area contributed by atoms with Crippen LogP contribution in [0.1, 0.15) is 15.9 Å². The van der Waals surface area contributed by atoms with Gasteiger partial charge in [0.15, 0.2) is 0 Å². The number of carbonyl (C=O) groups is 1. The maximum atomic E-state index is 12.5. The summed E-state index contributed by atoms with van der Waals surface area (Å²) in [5, 5.41) is 12.5. The first-order valence-electron chi connectivity index (χ1n) is 7.00. The van der Waals surface area contributed by atoms with Gasteiger partial charge in [0.2, 0.25) is 0 Å². The molecule has 1 aromatic heterocycles. The molecule has 0 bridgehead atoms. The van der Waals surface area contributed by atoms with Crippen molar-refractivity contribution in [2.75, 3.05) is 5.32 Å². The molecular formula is C18H15N3O. The zero-order valence-electron chi connectivity index (χ0n) is 12.2. The van der Waals surface area contributed by atoms with E-state index in [-0.39, 0.29) is 5.91 Å². The number of rotatable bonds is 3. The number of carbonyl (C=O) groups excluding carboxylic acids is 1. The van der Waals surface area contributed by atoms with Gasteiger partial charge in [-0.3, -0.25) is 4.79 Å². The number of para-hydroxylation sites is 1. The number of hydrogen-bond acceptors (Lipinski definition) is 2. The first-order valence-corrected chi connectivity index (χ1v) is 7.00. The van der Waals surface area contributed by atoms with E-state index >= 15 is 0 Å². The molecule has 0 aliphatic rings. The van der Waals surface area contributed by atoms with Crippen molar-refractivity contribution in [3.63, 3.8) is 0 Å². The second-order valence-corrected chi connectivity index (χ2v) is 5.16. The molecule has 0 aliphatic heterocycles. The van der Waals surface area contributed by atoms with Crippen LogP contribution in [0, 0.1) is 11.3 Å². The number of amides is 1. The van der Waals surface area contributed by atoms with E-state index in [1.165, 1.54) is 0 Å². The van der Waals surface area contributed by atoms with Gasteiger partial charge in [0.1, 0.15) is 0 Å². The van der Waals surface area contributed by atoms with Crippen LogP contribution < -0.4 is 5.32 Å². The topological polar surface area (TPSA) is 57.8 Å². The molecule has 4 nitrogen and oxygen atoms in total. The number of hydrogen-bond donors (Lipinski definition) is 1. The summed E-state index contributed by atoms with van der Waals surface area (Å²) < 4.78 is 1.94. The quantitative estimate of drug-likeness (QED) is 0.802. The van der Waals surface area contributed by atoms with Gasteiger partial charge < -0.3 is 9.88 Å². The predicted octanol–water partition coefficient (Wildman–Crippen LogP) is 3.50. The van der Waals surface area contributed by atoms with Crippen molar-refractivity contribution in [3.8, 4) is 6.07 Å². The van der Waals surface area contributed by atoms with E-state index in [0.29, 0.717) is 12.0 Å². The highest BCUT2D eigenvalue weighted by Crippen LogP contribution is 2.21. The number of anilines is 1. The van der Waals surface area contributed by atoms with Crippen molar-refractivity contribution >= 4 is 22.5 Å². The molecule has 0 radical (unpaired) electrons. The maximum absolute atomic E-state index is 12.5. The van der Waals surface area contributed by atoms with Gasteiger partial charge in [-0.25, -0.2) is 0 Å². The molecule has 0 atom stereocenters. The van der Waals surface area contributed by atoms with Crippen LogP contribution in [-0.4, -0.2) is 10.5 Å². The van der Waals surface area contributed by atoms with Gasteiger partial charge in [0.25, 0.3) is 5.91 Å². The minimum Gasteiger partial charge on any atom is -0.350 e. The van der Waals surface area contributed by atoms with Gasteiger partial charge in [-0.05, 0) is 23.8 Å². The summed E-state index contributed by atoms with van der Waals surface area (Å²) in [5.41, 5.74) is 3.33. The Morgan fingerprint density at radius 1 is 1.18 bits per heavy atom. The molecular weight excluding hydrogens is 274 g/mol. The lowest BCUT2D eigenvalue weighted by Crippen LogP contribution is -2.11. The largest absolute Gasteiger partial charge is 0.350 e. The Kier molecular flexibility index (Phi) is 3.63. The number of benzene rings is 2. The Balaban J connectivity index is 1.86. The first-order chi connectivity index (χ1) is 10.7. The summed E-state index contributed by atoms with van der Waals surface area (Å²) in [4.78, 5) is 12.5. The van der Waals surface area contributed by atoms with E-state index in [1.54, 1.807) is 0 Å². The fourth-order valence-corrected chi connectivity index (χ4v) is 2.52. The number of fused-ring (bicyclic) bond motifs is 1. The van der Waals surface area contributed by atoms with E-state index in [1.807, 2.05) is 66.3 Å². The Hall–Kier alpha value is -3.06. The highest BCUT2D eigenvalue weighted by atomic mass is 16.1. The molecule has 0 saturated carbocycles. The van der Waals surface area contributed by atoms with Crippen LogP contribution in [0.3, 0.4) is 0 Å². The summed E-state index contributed by atoms with van der Waals surface area (Å²) in [6.45, 7) is 0. The van der Waals surface area contributed by atoms with Gasteiger partial charge >= 0.3 is 0 Å². The van der Waals surface area contributed by atoms with Gasteiger partial charge in [0, 0.05) is 29.8 Å². The van der Waals surface area contributed by atoms with Crippen LogP contribution in [-0.2, 0) is 13.5 Å². The molecule has 0 fully saturated rings. The molecule has 3 rings (SSSR count). The zero-order chi connectivity index (χ0) is 15.5. The fraction of sp³-hybridized carbons (Fsp3) is 0.111. The lowest BCUT2D eigenvalue weighted by molar-refractivity contribution is 0.102. The molecule has 1 heterocycles. The fourth-order valence-electron chi connectivity index (χ4n) is 2.52. The summed E-state index contributed by atoms with van der Waals surface area (Å²) in [7, 11) is 1.93. The van der Waals surface area contributed by atoms with Gasteiger partial charge in [-0.2, -0.15) is 5.26 Å². The molecule has 108 valence electrons. The molecule has 22 heavy (non-hydrogen) atoms. The van der Waals surface area contributed by atoms with Gasteiger partial charge in [-0.1, -0.05) is 30.3 Å². The minimum atomic E-state index is -0.134. The summed E-state index contributed by atoms with van der Waals surface area (Å²) in [6, 6.07) is 17.2. The van der Waals surface area contributed by atoms with Crippen LogP contribution >= 0.6 is 0 Å². The summed E-state index contributed by atoms with van der Waals surface area (Å²) in [5.74, 6) is -0.134. The zero-order valence-corrected chi connectivity index (χ0v) is 12.2. The summed E-state index contributed by atoms with van der Waals surface area (Å²) >= 11 is 0. The average molecular weight is 289 g/mol.